The number of nitrogens with zero attached hydrogens (tertiary/aromatic N) is 1. The zero-order chi connectivity index (χ0) is 15.0. The number of carbonyl (C=O) groups is 2. The Labute approximate surface area is 125 Å². The van der Waals surface area contributed by atoms with Gasteiger partial charge in [-0.05, 0) is 37.7 Å². The van der Waals surface area contributed by atoms with Crippen LogP contribution >= 0.6 is 11.8 Å². The molecule has 1 atom stereocenters. The molecule has 0 radical (unpaired) electrons. The van der Waals surface area contributed by atoms with E-state index in [4.69, 9.17) is 0 Å². The summed E-state index contributed by atoms with van der Waals surface area (Å²) in [5.74, 6) is 0.380. The van der Waals surface area contributed by atoms with E-state index in [2.05, 4.69) is 11.6 Å². The topological polar surface area (TPSA) is 69.6 Å². The highest BCUT2D eigenvalue weighted by atomic mass is 32.2. The molecule has 0 saturated carbocycles. The molecule has 1 aliphatic rings. The smallest absolute Gasteiger partial charge is 0.317 e. The van der Waals surface area contributed by atoms with Crippen molar-refractivity contribution >= 4 is 23.8 Å². The molecule has 6 heteroatoms. The van der Waals surface area contributed by atoms with Gasteiger partial charge in [-0.25, -0.2) is 4.79 Å². The molecule has 5 nitrogen and oxygen atoms in total. The van der Waals surface area contributed by atoms with Gasteiger partial charge >= 0.3 is 12.0 Å². The highest BCUT2D eigenvalue weighted by molar-refractivity contribution is 7.98. The number of thioether (sulfide) groups is 1. The van der Waals surface area contributed by atoms with Crippen LogP contribution in [0.15, 0.2) is 0 Å². The lowest BCUT2D eigenvalue weighted by Crippen LogP contribution is -2.41. The fourth-order valence-corrected chi connectivity index (χ4v) is 3.01. The van der Waals surface area contributed by atoms with Crippen LogP contribution in [0.3, 0.4) is 0 Å². The van der Waals surface area contributed by atoms with Gasteiger partial charge < -0.3 is 15.3 Å². The molecule has 2 N–H and O–H groups in total. The summed E-state index contributed by atoms with van der Waals surface area (Å²) in [6, 6.07) is -0.119. The number of carboxylic acids is 1. The molecule has 116 valence electrons. The van der Waals surface area contributed by atoms with Crippen LogP contribution in [-0.4, -0.2) is 53.6 Å². The van der Waals surface area contributed by atoms with Crippen LogP contribution < -0.4 is 5.32 Å². The van der Waals surface area contributed by atoms with E-state index in [0.29, 0.717) is 32.5 Å². The average molecular weight is 302 g/mol. The van der Waals surface area contributed by atoms with E-state index in [1.165, 1.54) is 6.42 Å². The average Bonchev–Trinajstić information content (AvgIpc) is 2.88. The number of carbonyl (C=O) groups excluding carboxylic acids is 1. The normalized spacial score (nSPS) is 22.0. The Bertz CT molecular complexity index is 338. The minimum atomic E-state index is -0.785. The monoisotopic (exact) mass is 302 g/mol. The Balaban J connectivity index is 2.27. The largest absolute Gasteiger partial charge is 0.481 e. The number of urea groups is 1. The van der Waals surface area contributed by atoms with E-state index in [9.17, 15) is 14.7 Å². The molecule has 1 unspecified atom stereocenters. The number of amides is 2. The Morgan fingerprint density at radius 2 is 2.10 bits per heavy atom. The molecule has 1 fully saturated rings. The van der Waals surface area contributed by atoms with Gasteiger partial charge in [0.25, 0.3) is 0 Å². The number of unbranched alkanes of at least 4 members (excludes halogenated alkanes) is 2. The third-order valence-corrected chi connectivity index (χ3v) is 4.77. The zero-order valence-electron chi connectivity index (χ0n) is 12.5. The van der Waals surface area contributed by atoms with Crippen molar-refractivity contribution in [3.8, 4) is 0 Å². The Morgan fingerprint density at radius 3 is 2.65 bits per heavy atom. The van der Waals surface area contributed by atoms with Gasteiger partial charge in [-0.1, -0.05) is 13.3 Å². The summed E-state index contributed by atoms with van der Waals surface area (Å²) < 4.78 is 0. The Morgan fingerprint density at radius 1 is 1.35 bits per heavy atom. The molecule has 0 aromatic heterocycles. The third kappa shape index (κ3) is 4.58. The number of carboxylic acid groups (broad SMARTS) is 1. The van der Waals surface area contributed by atoms with Crippen LogP contribution in [0.4, 0.5) is 4.79 Å². The van der Waals surface area contributed by atoms with E-state index in [0.717, 1.165) is 18.6 Å². The van der Waals surface area contributed by atoms with Gasteiger partial charge in [-0.15, -0.1) is 0 Å². The second-order valence-corrected chi connectivity index (χ2v) is 6.38. The third-order valence-electron chi connectivity index (χ3n) is 4.07. The van der Waals surface area contributed by atoms with Crippen molar-refractivity contribution in [2.24, 2.45) is 5.41 Å². The summed E-state index contributed by atoms with van der Waals surface area (Å²) in [5, 5.41) is 12.2. The van der Waals surface area contributed by atoms with E-state index in [-0.39, 0.29) is 6.03 Å². The second kappa shape index (κ2) is 8.39. The molecular weight excluding hydrogens is 276 g/mol. The standard InChI is InChI=1S/C14H26N2O3S/c1-3-14(12(17)18)7-9-16(11-14)13(19)15-8-5-4-6-10-20-2/h3-11H2,1-2H3,(H,15,19)(H,17,18). The van der Waals surface area contributed by atoms with Gasteiger partial charge in [0.15, 0.2) is 0 Å². The van der Waals surface area contributed by atoms with Gasteiger partial charge in [0, 0.05) is 19.6 Å². The van der Waals surface area contributed by atoms with Gasteiger partial charge in [0.1, 0.15) is 0 Å². The lowest BCUT2D eigenvalue weighted by Gasteiger charge is -2.23. The Hall–Kier alpha value is -0.910. The van der Waals surface area contributed by atoms with Crippen molar-refractivity contribution in [3.63, 3.8) is 0 Å². The van der Waals surface area contributed by atoms with Crippen molar-refractivity contribution < 1.29 is 14.7 Å². The fourth-order valence-electron chi connectivity index (χ4n) is 2.52. The number of rotatable bonds is 8. The number of hydrogen-bond donors (Lipinski definition) is 2. The van der Waals surface area contributed by atoms with Crippen LogP contribution in [0.25, 0.3) is 0 Å². The van der Waals surface area contributed by atoms with Crippen LogP contribution in [-0.2, 0) is 4.79 Å². The lowest BCUT2D eigenvalue weighted by molar-refractivity contribution is -0.148. The van der Waals surface area contributed by atoms with Crippen LogP contribution in [0.2, 0.25) is 0 Å². The summed E-state index contributed by atoms with van der Waals surface area (Å²) >= 11 is 1.84. The lowest BCUT2D eigenvalue weighted by atomic mass is 9.84. The zero-order valence-corrected chi connectivity index (χ0v) is 13.3. The number of aliphatic carboxylic acids is 1. The first-order chi connectivity index (χ1) is 9.55. The highest BCUT2D eigenvalue weighted by Crippen LogP contribution is 2.34. The molecule has 2 amide bonds. The van der Waals surface area contributed by atoms with Gasteiger partial charge in [0.05, 0.1) is 5.41 Å². The summed E-state index contributed by atoms with van der Waals surface area (Å²) in [6.07, 6.45) is 6.50. The second-order valence-electron chi connectivity index (χ2n) is 5.40. The van der Waals surface area contributed by atoms with Gasteiger partial charge in [-0.2, -0.15) is 11.8 Å². The first-order valence-corrected chi connectivity index (χ1v) is 8.70. The highest BCUT2D eigenvalue weighted by Gasteiger charge is 2.44. The first-order valence-electron chi connectivity index (χ1n) is 7.31. The molecule has 20 heavy (non-hydrogen) atoms. The minimum absolute atomic E-state index is 0.119. The maximum absolute atomic E-state index is 12.0. The van der Waals surface area contributed by atoms with Crippen LogP contribution in [0, 0.1) is 5.41 Å². The first kappa shape index (κ1) is 17.1. The molecule has 0 aromatic carbocycles. The predicted molar refractivity (Wildman–Crippen MR) is 82.2 cm³/mol. The maximum Gasteiger partial charge on any atom is 0.317 e. The van der Waals surface area contributed by atoms with Crippen molar-refractivity contribution in [2.45, 2.75) is 39.0 Å². The molecule has 0 bridgehead atoms. The molecule has 0 aromatic rings. The molecule has 1 saturated heterocycles. The van der Waals surface area contributed by atoms with Gasteiger partial charge in [0.2, 0.25) is 0 Å². The van der Waals surface area contributed by atoms with E-state index in [1.54, 1.807) is 4.90 Å². The predicted octanol–water partition coefficient (Wildman–Crippen LogP) is 2.42. The van der Waals surface area contributed by atoms with E-state index >= 15 is 0 Å². The molecule has 1 heterocycles. The van der Waals surface area contributed by atoms with Crippen LogP contribution in [0.1, 0.15) is 39.0 Å². The quantitative estimate of drug-likeness (QED) is 0.676. The fraction of sp³-hybridized carbons (Fsp3) is 0.857. The summed E-state index contributed by atoms with van der Waals surface area (Å²) in [6.45, 7) is 3.42. The molecule has 0 aliphatic carbocycles. The maximum atomic E-state index is 12.0. The number of nitrogens with one attached hydrogen (secondary N) is 1. The minimum Gasteiger partial charge on any atom is -0.481 e. The molecule has 1 rings (SSSR count). The summed E-state index contributed by atoms with van der Waals surface area (Å²) in [5.41, 5.74) is -0.740. The van der Waals surface area contributed by atoms with Crippen molar-refractivity contribution in [1.82, 2.24) is 10.2 Å². The molecular formula is C14H26N2O3S. The van der Waals surface area contributed by atoms with Crippen molar-refractivity contribution in [2.75, 3.05) is 31.6 Å². The Kier molecular flexibility index (Phi) is 7.19. The molecule has 1 aliphatic heterocycles. The van der Waals surface area contributed by atoms with Crippen molar-refractivity contribution in [3.05, 3.63) is 0 Å². The van der Waals surface area contributed by atoms with Crippen molar-refractivity contribution in [1.29, 1.82) is 0 Å². The van der Waals surface area contributed by atoms with Gasteiger partial charge in [-0.3, -0.25) is 4.79 Å². The van der Waals surface area contributed by atoms with Crippen LogP contribution in [0.5, 0.6) is 0 Å². The summed E-state index contributed by atoms with van der Waals surface area (Å²) in [7, 11) is 0. The van der Waals surface area contributed by atoms with E-state index in [1.807, 2.05) is 18.7 Å². The molecule has 0 spiro atoms. The number of hydrogen-bond acceptors (Lipinski definition) is 3. The van der Waals surface area contributed by atoms with E-state index < -0.39 is 11.4 Å². The number of likely N-dealkylation sites (tertiary alicyclic amines) is 1. The summed E-state index contributed by atoms with van der Waals surface area (Å²) in [4.78, 5) is 24.9. The SMILES string of the molecule is CCC1(C(=O)O)CCN(C(=O)NCCCCCSC)C1.